The molecular weight excluding hydrogens is 1470 g/mol. The number of aromatic amines is 3. The van der Waals surface area contributed by atoms with E-state index in [9.17, 15) is 36.3 Å². The molecule has 0 aliphatic heterocycles. The third kappa shape index (κ3) is 21.6. The molecule has 14 aromatic rings. The Labute approximate surface area is 627 Å². The van der Waals surface area contributed by atoms with E-state index in [4.69, 9.17) is 83.8 Å². The van der Waals surface area contributed by atoms with Crippen LogP contribution >= 0.6 is 58.0 Å². The van der Waals surface area contributed by atoms with E-state index < -0.39 is 24.0 Å². The van der Waals surface area contributed by atoms with E-state index in [1.54, 1.807) is 122 Å². The van der Waals surface area contributed by atoms with E-state index in [2.05, 4.69) is 60.5 Å². The number of carbonyl (C=O) groups is 3. The molecule has 2 amide bonds. The summed E-state index contributed by atoms with van der Waals surface area (Å²) in [5.74, 6) is -0.827. The molecule has 9 N–H and O–H groups in total. The van der Waals surface area contributed by atoms with Crippen molar-refractivity contribution in [3.05, 3.63) is 285 Å². The summed E-state index contributed by atoms with van der Waals surface area (Å²) in [6.07, 6.45) is 15.5. The van der Waals surface area contributed by atoms with E-state index in [1.165, 1.54) is 72.4 Å². The number of aromatic nitrogens is 12. The fourth-order valence-corrected chi connectivity index (χ4v) is 11.1. The van der Waals surface area contributed by atoms with Gasteiger partial charge in [0.05, 0.1) is 60.9 Å². The molecule has 0 spiro atoms. The van der Waals surface area contributed by atoms with Crippen LogP contribution in [0.5, 0.6) is 0 Å². The van der Waals surface area contributed by atoms with Gasteiger partial charge in [-0.1, -0.05) is 52.5 Å². The summed E-state index contributed by atoms with van der Waals surface area (Å²) >= 11 is 29.2. The number of fused-ring (bicyclic) bond motifs is 3. The van der Waals surface area contributed by atoms with Crippen molar-refractivity contribution >= 4 is 121 Å². The van der Waals surface area contributed by atoms with Gasteiger partial charge in [-0.25, -0.2) is 66.8 Å². The number of rotatable bonds is 19. The number of aryl methyl sites for hydroxylation is 3. The lowest BCUT2D eigenvalue weighted by atomic mass is 9.80. The zero-order valence-electron chi connectivity index (χ0n) is 55.5. The van der Waals surface area contributed by atoms with Gasteiger partial charge in [0.2, 0.25) is 0 Å². The minimum Gasteiger partial charge on any atom is -0.423 e. The van der Waals surface area contributed by atoms with Crippen molar-refractivity contribution in [1.29, 1.82) is 0 Å². The van der Waals surface area contributed by atoms with Gasteiger partial charge in [-0.15, -0.1) is 0 Å². The molecule has 6 aromatic heterocycles. The van der Waals surface area contributed by atoms with Crippen molar-refractivity contribution in [2.24, 2.45) is 5.73 Å². The second kappa shape index (κ2) is 37.7. The highest BCUT2D eigenvalue weighted by Crippen LogP contribution is 2.34. The molecule has 0 radical (unpaired) electrons. The molecule has 6 heterocycles. The van der Waals surface area contributed by atoms with Gasteiger partial charge in [-0.2, -0.15) is 0 Å². The van der Waals surface area contributed by atoms with Crippen LogP contribution in [-0.4, -0.2) is 114 Å². The van der Waals surface area contributed by atoms with Gasteiger partial charge in [-0.05, 0) is 207 Å². The van der Waals surface area contributed by atoms with Crippen LogP contribution in [0.25, 0.3) is 78.1 Å². The predicted molar refractivity (Wildman–Crippen MR) is 401 cm³/mol. The van der Waals surface area contributed by atoms with E-state index in [0.717, 1.165) is 62.8 Å². The van der Waals surface area contributed by atoms with Crippen LogP contribution in [0.4, 0.5) is 22.0 Å². The number of halogens is 10. The molecular formula is C75H60BCl5F5N15O5. The van der Waals surface area contributed by atoms with Crippen molar-refractivity contribution in [3.63, 3.8) is 0 Å². The lowest BCUT2D eigenvalue weighted by Gasteiger charge is -2.12. The van der Waals surface area contributed by atoms with Gasteiger partial charge in [0.15, 0.2) is 10.3 Å². The molecule has 0 aliphatic rings. The first-order valence-corrected chi connectivity index (χ1v) is 34.3. The lowest BCUT2D eigenvalue weighted by Crippen LogP contribution is -2.29. The second-order valence-electron chi connectivity index (χ2n) is 23.0. The van der Waals surface area contributed by atoms with Crippen molar-refractivity contribution in [3.8, 4) is 45.0 Å². The molecule has 31 heteroatoms. The maximum absolute atomic E-state index is 13.8. The van der Waals surface area contributed by atoms with Crippen LogP contribution in [0.1, 0.15) is 67.7 Å². The van der Waals surface area contributed by atoms with Crippen LogP contribution < -0.4 is 21.8 Å². The van der Waals surface area contributed by atoms with Crippen LogP contribution in [0.15, 0.2) is 201 Å². The molecule has 0 aliphatic carbocycles. The van der Waals surface area contributed by atoms with Gasteiger partial charge in [0.25, 0.3) is 17.1 Å². The Hall–Kier alpha value is -10.9. The Morgan fingerprint density at radius 3 is 1.29 bits per heavy atom. The molecule has 106 heavy (non-hydrogen) atoms. The summed E-state index contributed by atoms with van der Waals surface area (Å²) in [5, 5.41) is 22.6. The van der Waals surface area contributed by atoms with E-state index in [0.29, 0.717) is 108 Å². The largest absolute Gasteiger partial charge is 0.488 e. The number of hydrogen-bond acceptors (Lipinski definition) is 15. The molecule has 8 aromatic carbocycles. The average Bonchev–Trinajstić information content (AvgIpc) is 1.02. The van der Waals surface area contributed by atoms with E-state index in [-0.39, 0.29) is 55.1 Å². The fourth-order valence-electron chi connectivity index (χ4n) is 10.1. The number of nitrogens with two attached hydrogens (primary N) is 1. The van der Waals surface area contributed by atoms with Crippen LogP contribution in [0, 0.1) is 29.1 Å². The van der Waals surface area contributed by atoms with Crippen LogP contribution in [-0.2, 0) is 19.3 Å². The van der Waals surface area contributed by atoms with Gasteiger partial charge < -0.3 is 41.4 Å². The number of carbonyl (C=O) groups excluding carboxylic acids is 3. The molecule has 0 fully saturated rings. The number of imidazole rings is 3. The molecule has 0 unspecified atom stereocenters. The highest BCUT2D eigenvalue weighted by Gasteiger charge is 2.19. The highest BCUT2D eigenvalue weighted by molar-refractivity contribution is 6.67. The molecule has 0 saturated carbocycles. The first-order chi connectivity index (χ1) is 51.2. The first kappa shape index (κ1) is 77.7. The summed E-state index contributed by atoms with van der Waals surface area (Å²) in [4.78, 5) is 84.6. The second-order valence-corrected chi connectivity index (χ2v) is 24.9. The number of nitrogens with zero attached hydrogens (tertiary/aromatic N) is 9. The molecule has 0 bridgehead atoms. The number of amides is 2. The highest BCUT2D eigenvalue weighted by atomic mass is 35.5. The summed E-state index contributed by atoms with van der Waals surface area (Å²) in [5.41, 5.74) is 15.5. The maximum Gasteiger partial charge on any atom is 0.488 e. The van der Waals surface area contributed by atoms with Gasteiger partial charge in [0, 0.05) is 102 Å². The summed E-state index contributed by atoms with van der Waals surface area (Å²) in [6.45, 7) is 1.78. The third-order valence-corrected chi connectivity index (χ3v) is 16.8. The zero-order valence-corrected chi connectivity index (χ0v) is 59.3. The Bertz CT molecular complexity index is 5320. The predicted octanol–water partition coefficient (Wildman–Crippen LogP) is 15.1. The topological polar surface area (TPSA) is 305 Å². The zero-order chi connectivity index (χ0) is 75.2. The molecule has 0 saturated heterocycles. The first-order valence-electron chi connectivity index (χ1n) is 32.4. The van der Waals surface area contributed by atoms with Gasteiger partial charge in [0.1, 0.15) is 52.1 Å². The maximum atomic E-state index is 13.8. The molecule has 538 valence electrons. The quantitative estimate of drug-likeness (QED) is 0.0162. The van der Waals surface area contributed by atoms with Gasteiger partial charge >= 0.3 is 7.12 Å². The molecule has 0 atom stereocenters. The van der Waals surface area contributed by atoms with Crippen molar-refractivity contribution in [2.75, 3.05) is 19.6 Å². The van der Waals surface area contributed by atoms with Crippen molar-refractivity contribution < 1.29 is 46.4 Å². The van der Waals surface area contributed by atoms with Crippen molar-refractivity contribution in [2.45, 2.75) is 38.5 Å². The number of H-pyrrole nitrogens is 3. The van der Waals surface area contributed by atoms with E-state index in [1.807, 2.05) is 6.20 Å². The Morgan fingerprint density at radius 1 is 0.453 bits per heavy atom. The summed E-state index contributed by atoms with van der Waals surface area (Å²) < 4.78 is 65.9. The van der Waals surface area contributed by atoms with Crippen molar-refractivity contribution in [1.82, 2.24) is 70.4 Å². The minimum atomic E-state index is -1.60. The van der Waals surface area contributed by atoms with Crippen LogP contribution in [0.2, 0.25) is 20.4 Å². The average molecular weight is 1530 g/mol. The third-order valence-electron chi connectivity index (χ3n) is 15.5. The van der Waals surface area contributed by atoms with Crippen LogP contribution in [0.3, 0.4) is 0 Å². The Balaban J connectivity index is 0.000000153. The van der Waals surface area contributed by atoms with Gasteiger partial charge in [-0.3, -0.25) is 14.4 Å². The fraction of sp³-hybridized carbons (Fsp3) is 0.120. The summed E-state index contributed by atoms with van der Waals surface area (Å²) in [7, 11) is -1.60. The Morgan fingerprint density at radius 2 is 0.868 bits per heavy atom. The molecule has 14 rings (SSSR count). The number of hydrogen-bond donors (Lipinski definition) is 8. The summed E-state index contributed by atoms with van der Waals surface area (Å²) in [6, 6.07) is 40.2. The monoisotopic (exact) mass is 1530 g/mol. The standard InChI is InChI=1S/C27H20ClF2N5O.C21H17ClFN5O.C15H7Cl2FN2O.C6H5BClFO2.C6H11N3/c28-20-14-17(5-9-21(20)30)26-25(16-3-7-19(29)8-4-16)34-22-10-6-18(15-23(22)35-26)27(36)33-11-1-2-24-31-12-13-32-24;22-20-19(13-3-6-15(23)7-4-13)27-16-8-5-14(12-17(16)28-20)21(29)26-9-1-2-18-24-10-11-25-18;16-14-13(8-1-4-10(18)5-2-8)19-11-6-3-9(15(17)21)7-12(11)20-14;8-5-3-4(7(10)11)1-2-6(5)9;7-3-1-2-6-4-8-5-9-6/h3-10,12-15H,1-2,11H2,(H,31,32)(H,33,36);3-8,10-12H,1-2,9H2,(H,24,25)(H,26,29);1-7H;1-3,10-11H;4-5H,1-3,7H2,(H,8,9). The SMILES string of the molecule is NCCCc1cnc[nH]1.O=C(Cl)c1ccc2nc(-c3ccc(F)cc3)c(Cl)nc2c1.O=C(NCCCc1ncc[nH]1)c1ccc2nc(-c3ccc(F)cc3)c(-c3ccc(F)c(Cl)c3)nc2c1.O=C(NCCCc1ncc[nH]1)c1ccc2nc(-c3ccc(F)cc3)c(Cl)nc2c1.OB(O)c1ccc(F)c(Cl)c1. The molecule has 20 nitrogen and oxygen atoms in total. The minimum absolute atomic E-state index is 0.0536. The number of benzene rings is 8. The smallest absolute Gasteiger partial charge is 0.423 e. The lowest BCUT2D eigenvalue weighted by molar-refractivity contribution is 0.0945. The number of nitrogens with one attached hydrogen (secondary N) is 5. The Kier molecular flexibility index (Phi) is 27.6. The van der Waals surface area contributed by atoms with E-state index >= 15 is 0 Å². The normalized spacial score (nSPS) is 10.8.